The lowest BCUT2D eigenvalue weighted by atomic mass is 9.86. The van der Waals surface area contributed by atoms with Gasteiger partial charge in [-0.2, -0.15) is 0 Å². The summed E-state index contributed by atoms with van der Waals surface area (Å²) in [4.78, 5) is 21.9. The summed E-state index contributed by atoms with van der Waals surface area (Å²) in [5.41, 5.74) is 2.21. The van der Waals surface area contributed by atoms with Crippen molar-refractivity contribution in [2.24, 2.45) is 0 Å². The second-order valence-corrected chi connectivity index (χ2v) is 7.43. The average molecular weight is 425 g/mol. The molecule has 0 radical (unpaired) electrons. The number of hydrogen-bond acceptors (Lipinski definition) is 5. The van der Waals surface area contributed by atoms with E-state index in [0.29, 0.717) is 40.7 Å². The first kappa shape index (κ1) is 22.6. The van der Waals surface area contributed by atoms with Crippen molar-refractivity contribution in [2.45, 2.75) is 46.2 Å². The van der Waals surface area contributed by atoms with Crippen molar-refractivity contribution in [3.8, 4) is 17.1 Å². The van der Waals surface area contributed by atoms with Crippen LogP contribution in [-0.2, 0) is 0 Å². The number of carbonyl (C=O) groups excluding carboxylic acids is 1. The molecule has 2 heterocycles. The van der Waals surface area contributed by atoms with Gasteiger partial charge in [-0.25, -0.2) is 14.4 Å². The number of nitrogens with zero attached hydrogens (tertiary/aromatic N) is 2. The van der Waals surface area contributed by atoms with Gasteiger partial charge in [0.25, 0.3) is 5.91 Å². The highest BCUT2D eigenvalue weighted by atomic mass is 19.1. The molecule has 1 fully saturated rings. The molecule has 2 aromatic heterocycles. The van der Waals surface area contributed by atoms with Crippen LogP contribution in [-0.4, -0.2) is 41.1 Å². The molecule has 1 saturated carbocycles. The van der Waals surface area contributed by atoms with E-state index < -0.39 is 5.82 Å². The fourth-order valence-corrected chi connectivity index (χ4v) is 3.76. The molecule has 3 aromatic rings. The smallest absolute Gasteiger partial charge is 0.252 e. The predicted molar refractivity (Wildman–Crippen MR) is 121 cm³/mol. The van der Waals surface area contributed by atoms with E-state index in [4.69, 9.17) is 4.74 Å². The number of hydrogen-bond donors (Lipinski definition) is 2. The Hall–Kier alpha value is -3.06. The fraction of sp³-hybridized carbons (Fsp3) is 0.375. The molecular weight excluding hydrogens is 395 g/mol. The van der Waals surface area contributed by atoms with Crippen LogP contribution in [0.3, 0.4) is 0 Å². The maximum Gasteiger partial charge on any atom is 0.252 e. The van der Waals surface area contributed by atoms with Gasteiger partial charge in [0.05, 0.1) is 23.4 Å². The number of rotatable bonds is 7. The maximum absolute atomic E-state index is 13.9. The van der Waals surface area contributed by atoms with Gasteiger partial charge in [-0.15, -0.1) is 0 Å². The van der Waals surface area contributed by atoms with Crippen LogP contribution in [0.1, 0.15) is 44.5 Å². The van der Waals surface area contributed by atoms with Gasteiger partial charge >= 0.3 is 0 Å². The molecule has 0 bridgehead atoms. The number of aromatic nitrogens is 2. The SMILES string of the molecule is C.CCNC1CC(NC(=O)c2cc(-c3ccc(OCC)nc3)nc3cc(F)ccc23)C1. The number of amides is 1. The highest BCUT2D eigenvalue weighted by molar-refractivity contribution is 6.07. The van der Waals surface area contributed by atoms with Gasteiger partial charge in [0.15, 0.2) is 0 Å². The van der Waals surface area contributed by atoms with Gasteiger partial charge in [0, 0.05) is 41.4 Å². The van der Waals surface area contributed by atoms with Crippen molar-refractivity contribution in [2.75, 3.05) is 13.2 Å². The fourth-order valence-electron chi connectivity index (χ4n) is 3.76. The largest absolute Gasteiger partial charge is 0.478 e. The van der Waals surface area contributed by atoms with Crippen LogP contribution in [0, 0.1) is 5.82 Å². The Morgan fingerprint density at radius 3 is 2.65 bits per heavy atom. The molecular formula is C24H29FN4O2. The number of fused-ring (bicyclic) bond motifs is 1. The predicted octanol–water partition coefficient (Wildman–Crippen LogP) is 4.34. The molecule has 0 saturated heterocycles. The molecule has 1 aliphatic rings. The summed E-state index contributed by atoms with van der Waals surface area (Å²) in [6.07, 6.45) is 3.47. The van der Waals surface area contributed by atoms with Gasteiger partial charge in [-0.05, 0) is 50.6 Å². The van der Waals surface area contributed by atoms with Crippen molar-refractivity contribution in [1.82, 2.24) is 20.6 Å². The molecule has 31 heavy (non-hydrogen) atoms. The summed E-state index contributed by atoms with van der Waals surface area (Å²) >= 11 is 0. The van der Waals surface area contributed by atoms with Crippen LogP contribution in [0.4, 0.5) is 4.39 Å². The van der Waals surface area contributed by atoms with Crippen molar-refractivity contribution in [3.05, 3.63) is 54.0 Å². The first-order chi connectivity index (χ1) is 14.6. The Balaban J connectivity index is 0.00000272. The number of halogens is 1. The number of benzene rings is 1. The lowest BCUT2D eigenvalue weighted by Gasteiger charge is -2.36. The summed E-state index contributed by atoms with van der Waals surface area (Å²) in [5, 5.41) is 7.11. The maximum atomic E-state index is 13.9. The highest BCUT2D eigenvalue weighted by Gasteiger charge is 2.30. The summed E-state index contributed by atoms with van der Waals surface area (Å²) in [6.45, 7) is 5.42. The van der Waals surface area contributed by atoms with Gasteiger partial charge in [0.1, 0.15) is 5.82 Å². The van der Waals surface area contributed by atoms with Gasteiger partial charge < -0.3 is 15.4 Å². The molecule has 1 amide bonds. The average Bonchev–Trinajstić information content (AvgIpc) is 2.72. The molecule has 1 aliphatic carbocycles. The summed E-state index contributed by atoms with van der Waals surface area (Å²) in [6, 6.07) is 10.2. The lowest BCUT2D eigenvalue weighted by molar-refractivity contribution is 0.0904. The number of ether oxygens (including phenoxy) is 1. The third-order valence-corrected chi connectivity index (χ3v) is 5.31. The Morgan fingerprint density at radius 1 is 1.16 bits per heavy atom. The second kappa shape index (κ2) is 9.83. The molecule has 0 atom stereocenters. The molecule has 1 aromatic carbocycles. The first-order valence-electron chi connectivity index (χ1n) is 10.3. The Bertz CT molecular complexity index is 1050. The van der Waals surface area contributed by atoms with E-state index in [9.17, 15) is 9.18 Å². The minimum absolute atomic E-state index is 0. The number of pyridine rings is 2. The Kier molecular flexibility index (Phi) is 7.17. The van der Waals surface area contributed by atoms with E-state index in [2.05, 4.69) is 27.5 Å². The second-order valence-electron chi connectivity index (χ2n) is 7.43. The zero-order valence-corrected chi connectivity index (χ0v) is 17.1. The third-order valence-electron chi connectivity index (χ3n) is 5.31. The van der Waals surface area contributed by atoms with Gasteiger partial charge in [-0.3, -0.25) is 4.79 Å². The van der Waals surface area contributed by atoms with E-state index in [1.54, 1.807) is 24.4 Å². The zero-order chi connectivity index (χ0) is 21.1. The first-order valence-corrected chi connectivity index (χ1v) is 10.3. The summed E-state index contributed by atoms with van der Waals surface area (Å²) < 4.78 is 19.2. The number of carbonyl (C=O) groups is 1. The van der Waals surface area contributed by atoms with Gasteiger partial charge in [-0.1, -0.05) is 14.4 Å². The summed E-state index contributed by atoms with van der Waals surface area (Å²) in [7, 11) is 0. The van der Waals surface area contributed by atoms with Crippen LogP contribution >= 0.6 is 0 Å². The minimum atomic E-state index is -0.393. The molecule has 0 aliphatic heterocycles. The standard InChI is InChI=1S/C23H25FN4O2.CH4/c1-3-25-16-10-17(11-16)27-23(29)19-12-20(14-5-8-22(26-13-14)30-4-2)28-21-9-15(24)6-7-18(19)21;/h5-9,12-13,16-17,25H,3-4,10-11H2,1-2H3,(H,27,29);1H4. The van der Waals surface area contributed by atoms with Crippen molar-refractivity contribution < 1.29 is 13.9 Å². The van der Waals surface area contributed by atoms with Crippen molar-refractivity contribution >= 4 is 16.8 Å². The van der Waals surface area contributed by atoms with Gasteiger partial charge in [0.2, 0.25) is 5.88 Å². The molecule has 4 rings (SSSR count). The molecule has 0 unspecified atom stereocenters. The zero-order valence-electron chi connectivity index (χ0n) is 17.1. The van der Waals surface area contributed by atoms with Crippen molar-refractivity contribution in [3.63, 3.8) is 0 Å². The molecule has 6 nitrogen and oxygen atoms in total. The van der Waals surface area contributed by atoms with E-state index in [1.165, 1.54) is 12.1 Å². The molecule has 7 heteroatoms. The van der Waals surface area contributed by atoms with Crippen LogP contribution in [0.15, 0.2) is 42.6 Å². The van der Waals surface area contributed by atoms with E-state index in [0.717, 1.165) is 24.9 Å². The molecule has 2 N–H and O–H groups in total. The van der Waals surface area contributed by atoms with Crippen molar-refractivity contribution in [1.29, 1.82) is 0 Å². The highest BCUT2D eigenvalue weighted by Crippen LogP contribution is 2.27. The molecule has 164 valence electrons. The van der Waals surface area contributed by atoms with Crippen LogP contribution in [0.5, 0.6) is 5.88 Å². The van der Waals surface area contributed by atoms with E-state index in [1.807, 2.05) is 13.0 Å². The Labute approximate surface area is 182 Å². The number of nitrogens with one attached hydrogen (secondary N) is 2. The van der Waals surface area contributed by atoms with E-state index >= 15 is 0 Å². The monoisotopic (exact) mass is 424 g/mol. The normalized spacial score (nSPS) is 17.5. The minimum Gasteiger partial charge on any atom is -0.478 e. The third kappa shape index (κ3) is 4.99. The van der Waals surface area contributed by atoms with Crippen LogP contribution in [0.25, 0.3) is 22.2 Å². The topological polar surface area (TPSA) is 76.1 Å². The summed E-state index contributed by atoms with van der Waals surface area (Å²) in [5.74, 6) is -0.0452. The van der Waals surface area contributed by atoms with Crippen LogP contribution < -0.4 is 15.4 Å². The Morgan fingerprint density at radius 2 is 1.97 bits per heavy atom. The quantitative estimate of drug-likeness (QED) is 0.590. The van der Waals surface area contributed by atoms with Crippen LogP contribution in [0.2, 0.25) is 0 Å². The molecule has 0 spiro atoms. The lowest BCUT2D eigenvalue weighted by Crippen LogP contribution is -2.52. The van der Waals surface area contributed by atoms with E-state index in [-0.39, 0.29) is 19.4 Å².